The molecule has 0 bridgehead atoms. The molecule has 0 saturated heterocycles. The van der Waals surface area contributed by atoms with Gasteiger partial charge in [0.2, 0.25) is 0 Å². The molecule has 1 aliphatic rings. The summed E-state index contributed by atoms with van der Waals surface area (Å²) < 4.78 is 0. The predicted octanol–water partition coefficient (Wildman–Crippen LogP) is 4.00. The van der Waals surface area contributed by atoms with Gasteiger partial charge in [0, 0.05) is 0 Å². The van der Waals surface area contributed by atoms with Crippen LogP contribution in [0.3, 0.4) is 0 Å². The molecule has 0 heterocycles. The predicted molar refractivity (Wildman–Crippen MR) is 65.8 cm³/mol. The molecule has 1 heteroatoms. The van der Waals surface area contributed by atoms with Crippen LogP contribution in [0.25, 0.3) is 0 Å². The van der Waals surface area contributed by atoms with E-state index in [0.29, 0.717) is 17.3 Å². The van der Waals surface area contributed by atoms with Gasteiger partial charge in [0.05, 0.1) is 5.60 Å². The second-order valence-electron chi connectivity index (χ2n) is 6.49. The Kier molecular flexibility index (Phi) is 3.86. The van der Waals surface area contributed by atoms with E-state index in [2.05, 4.69) is 27.7 Å². The first-order chi connectivity index (χ1) is 6.79. The fourth-order valence-corrected chi connectivity index (χ4v) is 3.01. The number of hydrogen-bond acceptors (Lipinski definition) is 1. The Balaban J connectivity index is 2.70. The van der Waals surface area contributed by atoms with Crippen molar-refractivity contribution in [2.75, 3.05) is 0 Å². The molecule has 90 valence electrons. The summed E-state index contributed by atoms with van der Waals surface area (Å²) in [5, 5.41) is 10.6. The lowest BCUT2D eigenvalue weighted by molar-refractivity contribution is -0.0770. The first-order valence-corrected chi connectivity index (χ1v) is 6.52. The average Bonchev–Trinajstić information content (AvgIpc) is 2.15. The van der Waals surface area contributed by atoms with Crippen LogP contribution in [0.4, 0.5) is 0 Å². The number of rotatable bonds is 3. The largest absolute Gasteiger partial charge is 0.390 e. The van der Waals surface area contributed by atoms with E-state index in [9.17, 15) is 5.11 Å². The third-order valence-corrected chi connectivity index (χ3v) is 4.64. The molecule has 1 saturated carbocycles. The van der Waals surface area contributed by atoms with Gasteiger partial charge in [-0.05, 0) is 43.4 Å². The zero-order chi connectivity index (χ0) is 11.7. The maximum atomic E-state index is 10.6. The van der Waals surface area contributed by atoms with Crippen LogP contribution in [0.5, 0.6) is 0 Å². The van der Waals surface area contributed by atoms with Crippen molar-refractivity contribution in [3.8, 4) is 0 Å². The highest BCUT2D eigenvalue weighted by molar-refractivity contribution is 4.92. The zero-order valence-corrected chi connectivity index (χ0v) is 11.1. The van der Waals surface area contributed by atoms with E-state index in [4.69, 9.17) is 0 Å². The van der Waals surface area contributed by atoms with Crippen molar-refractivity contribution in [2.24, 2.45) is 17.3 Å². The highest BCUT2D eigenvalue weighted by Gasteiger charge is 2.41. The minimum absolute atomic E-state index is 0.413. The minimum atomic E-state index is -0.466. The molecule has 1 rings (SSSR count). The summed E-state index contributed by atoms with van der Waals surface area (Å²) in [6, 6.07) is 0. The molecule has 0 aliphatic heterocycles. The van der Waals surface area contributed by atoms with Crippen molar-refractivity contribution in [3.63, 3.8) is 0 Å². The Hall–Kier alpha value is -0.0400. The van der Waals surface area contributed by atoms with Gasteiger partial charge in [-0.2, -0.15) is 0 Å². The summed E-state index contributed by atoms with van der Waals surface area (Å²) >= 11 is 0. The van der Waals surface area contributed by atoms with Crippen molar-refractivity contribution >= 4 is 0 Å². The van der Waals surface area contributed by atoms with Gasteiger partial charge in [0.15, 0.2) is 0 Å². The standard InChI is InChI=1S/C14H28O/c1-6-11(2)14(5,15)12-8-7-9-13(3,4)10-12/h11-12,15H,6-10H2,1-5H3. The van der Waals surface area contributed by atoms with Crippen molar-refractivity contribution in [1.29, 1.82) is 0 Å². The van der Waals surface area contributed by atoms with Gasteiger partial charge < -0.3 is 5.11 Å². The Labute approximate surface area is 95.3 Å². The first kappa shape index (κ1) is 13.0. The Morgan fingerprint density at radius 3 is 2.53 bits per heavy atom. The van der Waals surface area contributed by atoms with Gasteiger partial charge >= 0.3 is 0 Å². The van der Waals surface area contributed by atoms with Crippen LogP contribution in [0.15, 0.2) is 0 Å². The SMILES string of the molecule is CCC(C)C(C)(O)C1CCCC(C)(C)C1. The maximum Gasteiger partial charge on any atom is 0.0673 e. The summed E-state index contributed by atoms with van der Waals surface area (Å²) in [6.45, 7) is 11.1. The van der Waals surface area contributed by atoms with Gasteiger partial charge in [0.1, 0.15) is 0 Å². The molecular weight excluding hydrogens is 184 g/mol. The summed E-state index contributed by atoms with van der Waals surface area (Å²) in [7, 11) is 0. The van der Waals surface area contributed by atoms with E-state index in [0.717, 1.165) is 6.42 Å². The van der Waals surface area contributed by atoms with Crippen molar-refractivity contribution in [2.45, 2.75) is 72.3 Å². The monoisotopic (exact) mass is 212 g/mol. The van der Waals surface area contributed by atoms with Gasteiger partial charge in [-0.1, -0.05) is 40.5 Å². The van der Waals surface area contributed by atoms with E-state index < -0.39 is 5.60 Å². The lowest BCUT2D eigenvalue weighted by Crippen LogP contribution is -2.44. The smallest absolute Gasteiger partial charge is 0.0673 e. The number of hydrogen-bond donors (Lipinski definition) is 1. The minimum Gasteiger partial charge on any atom is -0.390 e. The molecule has 1 fully saturated rings. The second kappa shape index (κ2) is 4.45. The molecule has 1 aliphatic carbocycles. The lowest BCUT2D eigenvalue weighted by atomic mass is 9.64. The fourth-order valence-electron chi connectivity index (χ4n) is 3.01. The third kappa shape index (κ3) is 2.96. The van der Waals surface area contributed by atoms with E-state index in [1.54, 1.807) is 0 Å². The van der Waals surface area contributed by atoms with Crippen LogP contribution in [-0.2, 0) is 0 Å². The Morgan fingerprint density at radius 2 is 2.07 bits per heavy atom. The van der Waals surface area contributed by atoms with Crippen LogP contribution in [0.2, 0.25) is 0 Å². The van der Waals surface area contributed by atoms with Crippen molar-refractivity contribution in [3.05, 3.63) is 0 Å². The van der Waals surface area contributed by atoms with Crippen LogP contribution < -0.4 is 0 Å². The third-order valence-electron chi connectivity index (χ3n) is 4.64. The average molecular weight is 212 g/mol. The van der Waals surface area contributed by atoms with E-state index in [-0.39, 0.29) is 0 Å². The molecule has 15 heavy (non-hydrogen) atoms. The molecule has 0 amide bonds. The fraction of sp³-hybridized carbons (Fsp3) is 1.00. The van der Waals surface area contributed by atoms with Crippen LogP contribution in [0.1, 0.15) is 66.7 Å². The molecule has 0 aromatic heterocycles. The first-order valence-electron chi connectivity index (χ1n) is 6.52. The summed E-state index contributed by atoms with van der Waals surface area (Å²) in [6.07, 6.45) is 6.07. The molecule has 0 aromatic rings. The van der Waals surface area contributed by atoms with E-state index >= 15 is 0 Å². The molecule has 3 atom stereocenters. The lowest BCUT2D eigenvalue weighted by Gasteiger charge is -2.45. The molecule has 0 aromatic carbocycles. The number of aliphatic hydroxyl groups is 1. The van der Waals surface area contributed by atoms with Crippen LogP contribution >= 0.6 is 0 Å². The molecule has 1 nitrogen and oxygen atoms in total. The summed E-state index contributed by atoms with van der Waals surface area (Å²) in [5.74, 6) is 0.910. The zero-order valence-electron chi connectivity index (χ0n) is 11.1. The van der Waals surface area contributed by atoms with Gasteiger partial charge in [0.25, 0.3) is 0 Å². The van der Waals surface area contributed by atoms with Gasteiger partial charge in [-0.15, -0.1) is 0 Å². The maximum absolute atomic E-state index is 10.6. The summed E-state index contributed by atoms with van der Waals surface area (Å²) in [4.78, 5) is 0. The molecule has 1 N–H and O–H groups in total. The Morgan fingerprint density at radius 1 is 1.47 bits per heavy atom. The molecular formula is C14H28O. The topological polar surface area (TPSA) is 20.2 Å². The van der Waals surface area contributed by atoms with Gasteiger partial charge in [-0.25, -0.2) is 0 Å². The molecule has 0 spiro atoms. The quantitative estimate of drug-likeness (QED) is 0.749. The molecule has 0 radical (unpaired) electrons. The van der Waals surface area contributed by atoms with Crippen molar-refractivity contribution in [1.82, 2.24) is 0 Å². The molecule has 3 unspecified atom stereocenters. The van der Waals surface area contributed by atoms with Gasteiger partial charge in [-0.3, -0.25) is 0 Å². The highest BCUT2D eigenvalue weighted by atomic mass is 16.3. The van der Waals surface area contributed by atoms with Crippen LogP contribution in [0, 0.1) is 17.3 Å². The van der Waals surface area contributed by atoms with Crippen molar-refractivity contribution < 1.29 is 5.11 Å². The highest BCUT2D eigenvalue weighted by Crippen LogP contribution is 2.45. The normalized spacial score (nSPS) is 32.0. The second-order valence-corrected chi connectivity index (χ2v) is 6.49. The van der Waals surface area contributed by atoms with E-state index in [1.165, 1.54) is 25.7 Å². The Bertz CT molecular complexity index is 205. The van der Waals surface area contributed by atoms with E-state index in [1.807, 2.05) is 6.92 Å². The van der Waals surface area contributed by atoms with Crippen LogP contribution in [-0.4, -0.2) is 10.7 Å². The summed E-state index contributed by atoms with van der Waals surface area (Å²) in [5.41, 5.74) is -0.0349.